The minimum absolute atomic E-state index is 0.343. The number of aryl methyl sites for hydroxylation is 1. The maximum absolute atomic E-state index is 4.24. The average Bonchev–Trinajstić information content (AvgIpc) is 2.33. The molecule has 0 saturated heterocycles. The highest BCUT2D eigenvalue weighted by atomic mass is 79.9. The van der Waals surface area contributed by atoms with Crippen LogP contribution in [-0.2, 0) is 0 Å². The predicted octanol–water partition coefficient (Wildman–Crippen LogP) is 4.11. The van der Waals surface area contributed by atoms with Gasteiger partial charge in [0.2, 0.25) is 0 Å². The molecule has 1 heterocycles. The minimum atomic E-state index is 0.343. The summed E-state index contributed by atoms with van der Waals surface area (Å²) in [5, 5.41) is 6.56. The van der Waals surface area contributed by atoms with Gasteiger partial charge in [-0.15, -0.1) is 0 Å². The van der Waals surface area contributed by atoms with Gasteiger partial charge < -0.3 is 10.6 Å². The van der Waals surface area contributed by atoms with Crippen molar-refractivity contribution in [2.75, 3.05) is 10.6 Å². The number of nitrogens with one attached hydrogen (secondary N) is 2. The average molecular weight is 321 g/mol. The molecule has 100 valence electrons. The molecule has 0 bridgehead atoms. The molecule has 0 amide bonds. The van der Waals surface area contributed by atoms with Crippen LogP contribution in [0.1, 0.15) is 19.4 Å². The van der Waals surface area contributed by atoms with Gasteiger partial charge in [-0.05, 0) is 38.5 Å². The molecule has 0 unspecified atom stereocenters. The first-order chi connectivity index (χ1) is 9.04. The Bertz CT molecular complexity index is 569. The minimum Gasteiger partial charge on any atom is -0.368 e. The second kappa shape index (κ2) is 6.02. The first-order valence-electron chi connectivity index (χ1n) is 6.16. The number of rotatable bonds is 4. The summed E-state index contributed by atoms with van der Waals surface area (Å²) in [6.07, 6.45) is 1.56. The first kappa shape index (κ1) is 13.8. The number of nitrogens with zero attached hydrogens (tertiary/aromatic N) is 2. The molecule has 0 saturated carbocycles. The maximum atomic E-state index is 4.24. The quantitative estimate of drug-likeness (QED) is 0.890. The fraction of sp³-hybridized carbons (Fsp3) is 0.286. The molecule has 1 aromatic carbocycles. The zero-order valence-electron chi connectivity index (χ0n) is 11.2. The highest BCUT2D eigenvalue weighted by Crippen LogP contribution is 2.24. The van der Waals surface area contributed by atoms with E-state index in [1.54, 1.807) is 6.33 Å². The molecule has 2 aromatic rings. The number of benzene rings is 1. The molecule has 0 aliphatic heterocycles. The van der Waals surface area contributed by atoms with Crippen LogP contribution >= 0.6 is 15.9 Å². The van der Waals surface area contributed by atoms with Gasteiger partial charge in [-0.1, -0.05) is 22.0 Å². The van der Waals surface area contributed by atoms with Crippen molar-refractivity contribution in [2.24, 2.45) is 0 Å². The zero-order chi connectivity index (χ0) is 13.8. The Morgan fingerprint density at radius 2 is 1.84 bits per heavy atom. The van der Waals surface area contributed by atoms with Gasteiger partial charge in [0, 0.05) is 22.3 Å². The Hall–Kier alpha value is -1.62. The molecule has 2 N–H and O–H groups in total. The van der Waals surface area contributed by atoms with E-state index in [0.717, 1.165) is 21.8 Å². The van der Waals surface area contributed by atoms with Crippen molar-refractivity contribution in [1.29, 1.82) is 0 Å². The van der Waals surface area contributed by atoms with E-state index in [0.29, 0.717) is 6.04 Å². The van der Waals surface area contributed by atoms with E-state index >= 15 is 0 Å². The van der Waals surface area contributed by atoms with Gasteiger partial charge in [-0.2, -0.15) is 0 Å². The van der Waals surface area contributed by atoms with Crippen molar-refractivity contribution in [3.05, 3.63) is 40.6 Å². The van der Waals surface area contributed by atoms with Crippen molar-refractivity contribution in [3.8, 4) is 0 Å². The van der Waals surface area contributed by atoms with Crippen LogP contribution in [0.25, 0.3) is 0 Å². The molecule has 0 aliphatic rings. The summed E-state index contributed by atoms with van der Waals surface area (Å²) in [5.74, 6) is 1.60. The molecule has 2 rings (SSSR count). The Labute approximate surface area is 121 Å². The Morgan fingerprint density at radius 1 is 1.11 bits per heavy atom. The van der Waals surface area contributed by atoms with Gasteiger partial charge in [0.1, 0.15) is 18.0 Å². The third-order valence-electron chi connectivity index (χ3n) is 2.57. The van der Waals surface area contributed by atoms with Gasteiger partial charge in [-0.3, -0.25) is 0 Å². The first-order valence-corrected chi connectivity index (χ1v) is 6.95. The van der Waals surface area contributed by atoms with E-state index in [9.17, 15) is 0 Å². The summed E-state index contributed by atoms with van der Waals surface area (Å²) in [4.78, 5) is 8.42. The summed E-state index contributed by atoms with van der Waals surface area (Å²) in [6, 6.07) is 8.36. The van der Waals surface area contributed by atoms with Crippen LogP contribution in [0.15, 0.2) is 35.1 Å². The lowest BCUT2D eigenvalue weighted by atomic mass is 10.2. The van der Waals surface area contributed by atoms with Crippen LogP contribution < -0.4 is 10.6 Å². The zero-order valence-corrected chi connectivity index (χ0v) is 12.8. The topological polar surface area (TPSA) is 49.8 Å². The van der Waals surface area contributed by atoms with E-state index < -0.39 is 0 Å². The molecular formula is C14H17BrN4. The van der Waals surface area contributed by atoms with E-state index in [2.05, 4.69) is 63.4 Å². The largest absolute Gasteiger partial charge is 0.368 e. The highest BCUT2D eigenvalue weighted by Gasteiger charge is 2.03. The lowest BCUT2D eigenvalue weighted by Gasteiger charge is -2.12. The van der Waals surface area contributed by atoms with Gasteiger partial charge in [0.15, 0.2) is 0 Å². The van der Waals surface area contributed by atoms with Crippen molar-refractivity contribution in [1.82, 2.24) is 9.97 Å². The molecule has 0 aliphatic carbocycles. The molecule has 1 aromatic heterocycles. The fourth-order valence-electron chi connectivity index (χ4n) is 1.67. The molecule has 0 spiro atoms. The third-order valence-corrected chi connectivity index (χ3v) is 3.06. The van der Waals surface area contributed by atoms with Gasteiger partial charge in [0.25, 0.3) is 0 Å². The molecule has 0 fully saturated rings. The summed E-state index contributed by atoms with van der Waals surface area (Å²) >= 11 is 3.47. The Morgan fingerprint density at radius 3 is 2.58 bits per heavy atom. The van der Waals surface area contributed by atoms with Gasteiger partial charge >= 0.3 is 0 Å². The van der Waals surface area contributed by atoms with Crippen LogP contribution in [0.4, 0.5) is 17.3 Å². The molecule has 0 radical (unpaired) electrons. The standard InChI is InChI=1S/C14H17BrN4/c1-9(2)18-13-7-14(17-8-16-13)19-12-6-11(15)5-4-10(12)3/h4-9H,1-3H3,(H2,16,17,18,19). The van der Waals surface area contributed by atoms with Crippen LogP contribution in [0.3, 0.4) is 0 Å². The second-order valence-electron chi connectivity index (χ2n) is 4.67. The van der Waals surface area contributed by atoms with Crippen molar-refractivity contribution in [2.45, 2.75) is 26.8 Å². The number of anilines is 3. The smallest absolute Gasteiger partial charge is 0.135 e. The maximum Gasteiger partial charge on any atom is 0.135 e. The summed E-state index contributed by atoms with van der Waals surface area (Å²) in [5.41, 5.74) is 2.20. The number of aromatic nitrogens is 2. The number of halogens is 1. The van der Waals surface area contributed by atoms with E-state index in [-0.39, 0.29) is 0 Å². The second-order valence-corrected chi connectivity index (χ2v) is 5.59. The summed E-state index contributed by atoms with van der Waals surface area (Å²) in [6.45, 7) is 6.21. The highest BCUT2D eigenvalue weighted by molar-refractivity contribution is 9.10. The molecular weight excluding hydrogens is 304 g/mol. The monoisotopic (exact) mass is 320 g/mol. The lowest BCUT2D eigenvalue weighted by Crippen LogP contribution is -2.11. The van der Waals surface area contributed by atoms with E-state index in [1.165, 1.54) is 5.56 Å². The molecule has 5 heteroatoms. The number of hydrogen-bond acceptors (Lipinski definition) is 4. The van der Waals surface area contributed by atoms with Crippen molar-refractivity contribution in [3.63, 3.8) is 0 Å². The Balaban J connectivity index is 2.21. The van der Waals surface area contributed by atoms with Gasteiger partial charge in [-0.25, -0.2) is 9.97 Å². The van der Waals surface area contributed by atoms with Crippen molar-refractivity contribution < 1.29 is 0 Å². The van der Waals surface area contributed by atoms with E-state index in [1.807, 2.05) is 18.2 Å². The SMILES string of the molecule is Cc1ccc(Br)cc1Nc1cc(NC(C)C)ncn1. The normalized spacial score (nSPS) is 10.6. The van der Waals surface area contributed by atoms with Gasteiger partial charge in [0.05, 0.1) is 0 Å². The molecule has 4 nitrogen and oxygen atoms in total. The summed E-state index contributed by atoms with van der Waals surface area (Å²) < 4.78 is 1.04. The lowest BCUT2D eigenvalue weighted by molar-refractivity contribution is 0.886. The van der Waals surface area contributed by atoms with Crippen molar-refractivity contribution >= 4 is 33.3 Å². The fourth-order valence-corrected chi connectivity index (χ4v) is 2.03. The van der Waals surface area contributed by atoms with Crippen LogP contribution in [0, 0.1) is 6.92 Å². The predicted molar refractivity (Wildman–Crippen MR) is 83.0 cm³/mol. The molecule has 0 atom stereocenters. The number of hydrogen-bond donors (Lipinski definition) is 2. The summed E-state index contributed by atoms with van der Waals surface area (Å²) in [7, 11) is 0. The van der Waals surface area contributed by atoms with E-state index in [4.69, 9.17) is 0 Å². The van der Waals surface area contributed by atoms with Crippen LogP contribution in [0.2, 0.25) is 0 Å². The Kier molecular flexibility index (Phi) is 4.37. The van der Waals surface area contributed by atoms with Crippen LogP contribution in [0.5, 0.6) is 0 Å². The van der Waals surface area contributed by atoms with Crippen LogP contribution in [-0.4, -0.2) is 16.0 Å². The molecule has 19 heavy (non-hydrogen) atoms. The third kappa shape index (κ3) is 3.92.